The summed E-state index contributed by atoms with van der Waals surface area (Å²) in [6, 6.07) is 2.19. The third-order valence-electron chi connectivity index (χ3n) is 3.34. The number of carbonyl (C=O) groups is 1. The van der Waals surface area contributed by atoms with E-state index in [1.54, 1.807) is 4.68 Å². The van der Waals surface area contributed by atoms with E-state index in [4.69, 9.17) is 4.42 Å². The number of aromatic nitrogens is 4. The summed E-state index contributed by atoms with van der Waals surface area (Å²) in [5.74, 6) is -1.69. The summed E-state index contributed by atoms with van der Waals surface area (Å²) in [5.41, 5.74) is 1.75. The van der Waals surface area contributed by atoms with Crippen LogP contribution in [0.15, 0.2) is 33.9 Å². The maximum atomic E-state index is 12.5. The Labute approximate surface area is 140 Å². The monoisotopic (exact) mass is 346 g/mol. The van der Waals surface area contributed by atoms with E-state index in [1.165, 1.54) is 6.20 Å². The molecule has 0 aliphatic carbocycles. The summed E-state index contributed by atoms with van der Waals surface area (Å²) in [7, 11) is 0. The average Bonchev–Trinajstić information content (AvgIpc) is 3.16. The van der Waals surface area contributed by atoms with Gasteiger partial charge >= 0.3 is 11.8 Å². The highest BCUT2D eigenvalue weighted by molar-refractivity contribution is 5.97. The Bertz CT molecular complexity index is 1040. The van der Waals surface area contributed by atoms with Gasteiger partial charge in [0, 0.05) is 0 Å². The highest BCUT2D eigenvalue weighted by Crippen LogP contribution is 2.18. The lowest BCUT2D eigenvalue weighted by atomic mass is 10.1. The molecule has 11 heteroatoms. The molecule has 1 N–H and O–H groups in total. The molecule has 3 rings (SSSR count). The number of nitrogens with one attached hydrogen (secondary N) is 1. The van der Waals surface area contributed by atoms with Crippen molar-refractivity contribution >= 4 is 22.8 Å². The molecule has 0 aliphatic rings. The molecule has 0 aromatic carbocycles. The first-order valence-corrected chi connectivity index (χ1v) is 7.20. The fraction of sp³-hybridized carbons (Fsp3) is 0.286. The van der Waals surface area contributed by atoms with Crippen molar-refractivity contribution in [3.05, 3.63) is 50.9 Å². The van der Waals surface area contributed by atoms with Crippen LogP contribution in [-0.4, -0.2) is 30.3 Å². The van der Waals surface area contributed by atoms with Crippen molar-refractivity contribution in [3.63, 3.8) is 0 Å². The predicted octanol–water partition coefficient (Wildman–Crippen LogP) is 1.23. The second-order valence-corrected chi connectivity index (χ2v) is 6.22. The molecule has 11 nitrogen and oxygen atoms in total. The molecule has 3 aromatic heterocycles. The predicted molar refractivity (Wildman–Crippen MR) is 85.8 cm³/mol. The van der Waals surface area contributed by atoms with Crippen molar-refractivity contribution in [1.82, 2.24) is 19.4 Å². The lowest BCUT2D eigenvalue weighted by molar-refractivity contribution is -0.402. The summed E-state index contributed by atoms with van der Waals surface area (Å²) in [4.78, 5) is 38.5. The number of nitro groups is 1. The van der Waals surface area contributed by atoms with Gasteiger partial charge in [0.1, 0.15) is 16.6 Å². The number of nitrogens with zero attached hydrogens (tertiary/aromatic N) is 5. The van der Waals surface area contributed by atoms with Crippen molar-refractivity contribution < 1.29 is 14.1 Å². The van der Waals surface area contributed by atoms with Crippen LogP contribution >= 0.6 is 0 Å². The van der Waals surface area contributed by atoms with Gasteiger partial charge in [-0.3, -0.25) is 25.1 Å². The van der Waals surface area contributed by atoms with Crippen molar-refractivity contribution in [1.29, 1.82) is 0 Å². The first kappa shape index (κ1) is 16.4. The van der Waals surface area contributed by atoms with Gasteiger partial charge in [-0.1, -0.05) is 0 Å². The first-order valence-electron chi connectivity index (χ1n) is 7.20. The third-order valence-corrected chi connectivity index (χ3v) is 3.34. The minimum atomic E-state index is -0.820. The standard InChI is InChI=1S/C14H14N6O5/c1-14(2,3)19-11-8(6-16-19)13(22)18(7-15-11)17-12(21)9-4-5-10(25-9)20(23)24/h4-7H,1-3H3,(H,17,21). The molecule has 25 heavy (non-hydrogen) atoms. The Kier molecular flexibility index (Phi) is 3.63. The van der Waals surface area contributed by atoms with E-state index in [0.717, 1.165) is 23.1 Å². The summed E-state index contributed by atoms with van der Waals surface area (Å²) < 4.78 is 7.26. The maximum Gasteiger partial charge on any atom is 0.433 e. The zero-order chi connectivity index (χ0) is 18.4. The van der Waals surface area contributed by atoms with Gasteiger partial charge in [0.2, 0.25) is 5.76 Å². The molecule has 0 saturated carbocycles. The topological polar surface area (TPSA) is 138 Å². The second kappa shape index (κ2) is 5.54. The van der Waals surface area contributed by atoms with Gasteiger partial charge in [-0.05, 0) is 26.8 Å². The van der Waals surface area contributed by atoms with E-state index in [2.05, 4.69) is 15.5 Å². The van der Waals surface area contributed by atoms with Crippen molar-refractivity contribution in [2.45, 2.75) is 26.3 Å². The summed E-state index contributed by atoms with van der Waals surface area (Å²) >= 11 is 0. The molecule has 0 atom stereocenters. The quantitative estimate of drug-likeness (QED) is 0.556. The lowest BCUT2D eigenvalue weighted by Gasteiger charge is -2.19. The Morgan fingerprint density at radius 1 is 1.36 bits per heavy atom. The molecule has 130 valence electrons. The van der Waals surface area contributed by atoms with Crippen molar-refractivity contribution in [3.8, 4) is 0 Å². The molecule has 1 amide bonds. The van der Waals surface area contributed by atoms with Crippen molar-refractivity contribution in [2.75, 3.05) is 5.43 Å². The van der Waals surface area contributed by atoms with Crippen LogP contribution in [0.2, 0.25) is 0 Å². The molecule has 0 fully saturated rings. The van der Waals surface area contributed by atoms with Gasteiger partial charge in [-0.25, -0.2) is 14.3 Å². The van der Waals surface area contributed by atoms with E-state index in [9.17, 15) is 19.7 Å². The molecule has 0 radical (unpaired) electrons. The lowest BCUT2D eigenvalue weighted by Crippen LogP contribution is -2.33. The molecular weight excluding hydrogens is 332 g/mol. The summed E-state index contributed by atoms with van der Waals surface area (Å²) in [6.45, 7) is 5.74. The smallest absolute Gasteiger partial charge is 0.395 e. The summed E-state index contributed by atoms with van der Waals surface area (Å²) in [6.07, 6.45) is 2.51. The summed E-state index contributed by atoms with van der Waals surface area (Å²) in [5, 5.41) is 15.0. The van der Waals surface area contributed by atoms with E-state index in [-0.39, 0.29) is 16.7 Å². The highest BCUT2D eigenvalue weighted by Gasteiger charge is 2.21. The number of carbonyl (C=O) groups excluding carboxylic acids is 1. The molecule has 3 heterocycles. The van der Waals surface area contributed by atoms with E-state index in [1.807, 2.05) is 20.8 Å². The van der Waals surface area contributed by atoms with Crippen LogP contribution in [0.1, 0.15) is 31.3 Å². The largest absolute Gasteiger partial charge is 0.433 e. The van der Waals surface area contributed by atoms with Crippen molar-refractivity contribution in [2.24, 2.45) is 0 Å². The molecule has 3 aromatic rings. The first-order chi connectivity index (χ1) is 11.7. The van der Waals surface area contributed by atoms with Crippen LogP contribution in [0.3, 0.4) is 0 Å². The van der Waals surface area contributed by atoms with Crippen LogP contribution in [-0.2, 0) is 5.54 Å². The van der Waals surface area contributed by atoms with Crippen LogP contribution in [0.25, 0.3) is 11.0 Å². The fourth-order valence-corrected chi connectivity index (χ4v) is 2.19. The van der Waals surface area contributed by atoms with Crippen LogP contribution in [0.4, 0.5) is 5.88 Å². The molecule has 0 spiro atoms. The Hall–Kier alpha value is -3.50. The number of amides is 1. The maximum absolute atomic E-state index is 12.5. The number of fused-ring (bicyclic) bond motifs is 1. The average molecular weight is 346 g/mol. The van der Waals surface area contributed by atoms with Gasteiger partial charge in [-0.15, -0.1) is 0 Å². The minimum absolute atomic E-state index is 0.225. The van der Waals surface area contributed by atoms with E-state index < -0.39 is 22.3 Å². The number of furan rings is 1. The fourth-order valence-electron chi connectivity index (χ4n) is 2.19. The zero-order valence-electron chi connectivity index (χ0n) is 13.6. The van der Waals surface area contributed by atoms with E-state index >= 15 is 0 Å². The van der Waals surface area contributed by atoms with Gasteiger partial charge < -0.3 is 4.42 Å². The van der Waals surface area contributed by atoms with Gasteiger partial charge in [0.25, 0.3) is 5.56 Å². The Morgan fingerprint density at radius 3 is 2.68 bits per heavy atom. The Balaban J connectivity index is 1.94. The zero-order valence-corrected chi connectivity index (χ0v) is 13.6. The number of hydrogen-bond donors (Lipinski definition) is 1. The third kappa shape index (κ3) is 2.86. The molecular formula is C14H14N6O5. The Morgan fingerprint density at radius 2 is 2.08 bits per heavy atom. The molecule has 0 aliphatic heterocycles. The van der Waals surface area contributed by atoms with Crippen LogP contribution < -0.4 is 11.0 Å². The highest BCUT2D eigenvalue weighted by atomic mass is 16.6. The van der Waals surface area contributed by atoms with Crippen LogP contribution in [0.5, 0.6) is 0 Å². The SMILES string of the molecule is CC(C)(C)n1ncc2c(=O)n(NC(=O)c3ccc([N+](=O)[O-])o3)cnc21. The number of rotatable bonds is 3. The molecule has 0 saturated heterocycles. The normalized spacial score (nSPS) is 11.6. The van der Waals surface area contributed by atoms with Gasteiger partial charge in [0.05, 0.1) is 17.8 Å². The van der Waals surface area contributed by atoms with Gasteiger partial charge in [-0.2, -0.15) is 5.10 Å². The van der Waals surface area contributed by atoms with E-state index in [0.29, 0.717) is 5.65 Å². The number of hydrogen-bond acceptors (Lipinski definition) is 7. The van der Waals surface area contributed by atoms with Crippen LogP contribution in [0, 0.1) is 10.1 Å². The van der Waals surface area contributed by atoms with Gasteiger partial charge in [0.15, 0.2) is 5.65 Å². The molecule has 0 bridgehead atoms. The minimum Gasteiger partial charge on any atom is -0.395 e. The second-order valence-electron chi connectivity index (χ2n) is 6.22. The molecule has 0 unspecified atom stereocenters.